The van der Waals surface area contributed by atoms with Crippen molar-refractivity contribution >= 4 is 29.2 Å². The molecule has 1 aromatic carbocycles. The van der Waals surface area contributed by atoms with Crippen molar-refractivity contribution in [2.45, 2.75) is 0 Å². The lowest BCUT2D eigenvalue weighted by atomic mass is 10.2. The molecule has 0 bridgehead atoms. The highest BCUT2D eigenvalue weighted by Gasteiger charge is 2.15. The lowest BCUT2D eigenvalue weighted by Gasteiger charge is -2.16. The van der Waals surface area contributed by atoms with E-state index in [9.17, 15) is 9.59 Å². The van der Waals surface area contributed by atoms with Crippen LogP contribution in [0.4, 0.5) is 5.69 Å². The number of amides is 1. The van der Waals surface area contributed by atoms with Gasteiger partial charge >= 0.3 is 5.97 Å². The van der Waals surface area contributed by atoms with Crippen molar-refractivity contribution in [3.05, 3.63) is 58.9 Å². The monoisotopic (exact) mass is 290 g/mol. The van der Waals surface area contributed by atoms with E-state index in [1.165, 1.54) is 29.3 Å². The molecule has 0 aliphatic rings. The normalized spacial score (nSPS) is 10.1. The zero-order chi connectivity index (χ0) is 14.7. The number of carboxylic acids is 1. The largest absolute Gasteiger partial charge is 0.478 e. The van der Waals surface area contributed by atoms with E-state index in [0.29, 0.717) is 10.7 Å². The maximum atomic E-state index is 12.2. The van der Waals surface area contributed by atoms with Gasteiger partial charge in [0.15, 0.2) is 0 Å². The van der Waals surface area contributed by atoms with Gasteiger partial charge < -0.3 is 10.0 Å². The van der Waals surface area contributed by atoms with Gasteiger partial charge in [-0.05, 0) is 36.4 Å². The highest BCUT2D eigenvalue weighted by Crippen LogP contribution is 2.16. The van der Waals surface area contributed by atoms with E-state index in [0.717, 1.165) is 0 Å². The van der Waals surface area contributed by atoms with E-state index in [2.05, 4.69) is 4.98 Å². The number of carbonyl (C=O) groups is 2. The molecule has 5 nitrogen and oxygen atoms in total. The Balaban J connectivity index is 2.22. The van der Waals surface area contributed by atoms with Crippen LogP contribution in [0.5, 0.6) is 0 Å². The molecule has 0 atom stereocenters. The smallest absolute Gasteiger partial charge is 0.335 e. The number of rotatable bonds is 3. The molecule has 1 N–H and O–H groups in total. The molecule has 0 radical (unpaired) electrons. The van der Waals surface area contributed by atoms with Gasteiger partial charge in [0.25, 0.3) is 5.91 Å². The van der Waals surface area contributed by atoms with Crippen LogP contribution in [-0.4, -0.2) is 29.0 Å². The Kier molecular flexibility index (Phi) is 4.00. The summed E-state index contributed by atoms with van der Waals surface area (Å²) < 4.78 is 0. The number of pyridine rings is 1. The van der Waals surface area contributed by atoms with Gasteiger partial charge in [0, 0.05) is 18.9 Å². The standard InChI is InChI=1S/C14H11ClN2O3/c1-17(11-5-2-9(3-6-11)14(19)20)13(18)12-7-4-10(15)8-16-12/h2-8H,1H3,(H,19,20). The average Bonchev–Trinajstić information content (AvgIpc) is 2.46. The number of carbonyl (C=O) groups excluding carboxylic acids is 1. The molecule has 0 aliphatic heterocycles. The highest BCUT2D eigenvalue weighted by molar-refractivity contribution is 6.30. The minimum absolute atomic E-state index is 0.166. The fourth-order valence-corrected chi connectivity index (χ4v) is 1.73. The average molecular weight is 291 g/mol. The molecule has 0 fully saturated rings. The Hall–Kier alpha value is -2.40. The second-order valence-electron chi connectivity index (χ2n) is 4.08. The Labute approximate surface area is 120 Å². The van der Waals surface area contributed by atoms with E-state index in [-0.39, 0.29) is 17.2 Å². The first-order chi connectivity index (χ1) is 9.49. The highest BCUT2D eigenvalue weighted by atomic mass is 35.5. The van der Waals surface area contributed by atoms with E-state index < -0.39 is 5.97 Å². The molecule has 2 rings (SSSR count). The summed E-state index contributed by atoms with van der Waals surface area (Å²) in [7, 11) is 1.59. The van der Waals surface area contributed by atoms with Gasteiger partial charge in [0.2, 0.25) is 0 Å². The summed E-state index contributed by atoms with van der Waals surface area (Å²) in [6.45, 7) is 0. The Bertz CT molecular complexity index is 638. The summed E-state index contributed by atoms with van der Waals surface area (Å²) in [6.07, 6.45) is 1.40. The third-order valence-corrected chi connectivity index (χ3v) is 2.98. The van der Waals surface area contributed by atoms with Crippen LogP contribution in [0, 0.1) is 0 Å². The molecule has 1 heterocycles. The topological polar surface area (TPSA) is 70.5 Å². The number of carboxylic acid groups (broad SMARTS) is 1. The van der Waals surface area contributed by atoms with Crippen molar-refractivity contribution in [2.24, 2.45) is 0 Å². The lowest BCUT2D eigenvalue weighted by Crippen LogP contribution is -2.27. The van der Waals surface area contributed by atoms with Crippen molar-refractivity contribution in [3.63, 3.8) is 0 Å². The first kappa shape index (κ1) is 14.0. The molecule has 0 aliphatic carbocycles. The Morgan fingerprint density at radius 1 is 1.15 bits per heavy atom. The van der Waals surface area contributed by atoms with Crippen LogP contribution >= 0.6 is 11.6 Å². The maximum absolute atomic E-state index is 12.2. The number of hydrogen-bond acceptors (Lipinski definition) is 3. The van der Waals surface area contributed by atoms with Crippen LogP contribution < -0.4 is 4.90 Å². The minimum Gasteiger partial charge on any atom is -0.478 e. The summed E-state index contributed by atoms with van der Waals surface area (Å²) in [4.78, 5) is 28.3. The van der Waals surface area contributed by atoms with Crippen molar-refractivity contribution in [1.82, 2.24) is 4.98 Å². The number of anilines is 1. The van der Waals surface area contributed by atoms with Crippen LogP contribution in [0.2, 0.25) is 5.02 Å². The number of nitrogens with zero attached hydrogens (tertiary/aromatic N) is 2. The fraction of sp³-hybridized carbons (Fsp3) is 0.0714. The van der Waals surface area contributed by atoms with Gasteiger partial charge in [0.1, 0.15) is 5.69 Å². The molecule has 1 aromatic heterocycles. The summed E-state index contributed by atoms with van der Waals surface area (Å²) >= 11 is 5.72. The van der Waals surface area contributed by atoms with Gasteiger partial charge in [-0.3, -0.25) is 4.79 Å². The van der Waals surface area contributed by atoms with E-state index in [4.69, 9.17) is 16.7 Å². The molecule has 6 heteroatoms. The number of hydrogen-bond donors (Lipinski definition) is 1. The summed E-state index contributed by atoms with van der Waals surface area (Å²) in [5.74, 6) is -1.31. The van der Waals surface area contributed by atoms with Gasteiger partial charge in [-0.15, -0.1) is 0 Å². The van der Waals surface area contributed by atoms with Gasteiger partial charge in [-0.25, -0.2) is 9.78 Å². The third-order valence-electron chi connectivity index (χ3n) is 2.75. The Morgan fingerprint density at radius 3 is 2.30 bits per heavy atom. The minimum atomic E-state index is -1.01. The molecule has 1 amide bonds. The van der Waals surface area contributed by atoms with E-state index >= 15 is 0 Å². The zero-order valence-electron chi connectivity index (χ0n) is 10.6. The van der Waals surface area contributed by atoms with E-state index in [1.54, 1.807) is 25.2 Å². The summed E-state index contributed by atoms with van der Waals surface area (Å²) in [5.41, 5.74) is 1.01. The van der Waals surface area contributed by atoms with Gasteiger partial charge in [-0.1, -0.05) is 11.6 Å². The SMILES string of the molecule is CN(C(=O)c1ccc(Cl)cn1)c1ccc(C(=O)O)cc1. The van der Waals surface area contributed by atoms with Crippen molar-refractivity contribution < 1.29 is 14.7 Å². The van der Waals surface area contributed by atoms with Crippen LogP contribution in [0.15, 0.2) is 42.6 Å². The van der Waals surface area contributed by atoms with Crippen LogP contribution in [0.1, 0.15) is 20.8 Å². The van der Waals surface area contributed by atoms with Crippen molar-refractivity contribution in [3.8, 4) is 0 Å². The molecule has 0 spiro atoms. The second-order valence-corrected chi connectivity index (χ2v) is 4.51. The van der Waals surface area contributed by atoms with Crippen molar-refractivity contribution in [2.75, 3.05) is 11.9 Å². The van der Waals surface area contributed by atoms with Crippen molar-refractivity contribution in [1.29, 1.82) is 0 Å². The fourth-order valence-electron chi connectivity index (χ4n) is 1.62. The lowest BCUT2D eigenvalue weighted by molar-refractivity contribution is 0.0696. The first-order valence-electron chi connectivity index (χ1n) is 5.72. The quantitative estimate of drug-likeness (QED) is 0.943. The van der Waals surface area contributed by atoms with Gasteiger partial charge in [0.05, 0.1) is 10.6 Å². The van der Waals surface area contributed by atoms with Crippen LogP contribution in [0.25, 0.3) is 0 Å². The molecule has 0 unspecified atom stereocenters. The summed E-state index contributed by atoms with van der Waals surface area (Å²) in [5, 5.41) is 9.28. The molecule has 2 aromatic rings. The molecular weight excluding hydrogens is 280 g/mol. The first-order valence-corrected chi connectivity index (χ1v) is 6.10. The molecule has 20 heavy (non-hydrogen) atoms. The predicted molar refractivity (Wildman–Crippen MR) is 75.4 cm³/mol. The predicted octanol–water partition coefficient (Wildman–Crippen LogP) is 2.71. The number of halogens is 1. The third kappa shape index (κ3) is 2.95. The zero-order valence-corrected chi connectivity index (χ0v) is 11.3. The second kappa shape index (κ2) is 5.71. The molecule has 102 valence electrons. The number of benzene rings is 1. The molecule has 0 saturated carbocycles. The molecule has 0 saturated heterocycles. The number of aromatic nitrogens is 1. The van der Waals surface area contributed by atoms with Crippen LogP contribution in [-0.2, 0) is 0 Å². The summed E-state index contributed by atoms with van der Waals surface area (Å²) in [6, 6.07) is 9.14. The maximum Gasteiger partial charge on any atom is 0.335 e. The van der Waals surface area contributed by atoms with Crippen LogP contribution in [0.3, 0.4) is 0 Å². The molecular formula is C14H11ClN2O3. The van der Waals surface area contributed by atoms with E-state index in [1.807, 2.05) is 0 Å². The van der Waals surface area contributed by atoms with Gasteiger partial charge in [-0.2, -0.15) is 0 Å². The Morgan fingerprint density at radius 2 is 1.80 bits per heavy atom. The number of aromatic carboxylic acids is 1.